The van der Waals surface area contributed by atoms with E-state index in [4.69, 9.17) is 9.47 Å². The number of aromatic nitrogens is 5. The monoisotopic (exact) mass is 358 g/mol. The predicted octanol–water partition coefficient (Wildman–Crippen LogP) is 2.97. The topological polar surface area (TPSA) is 104 Å². The van der Waals surface area contributed by atoms with E-state index in [9.17, 15) is 4.79 Å². The third kappa shape index (κ3) is 3.24. The van der Waals surface area contributed by atoms with Crippen molar-refractivity contribution in [2.75, 3.05) is 11.9 Å². The molecule has 3 rings (SSSR count). The summed E-state index contributed by atoms with van der Waals surface area (Å²) in [5, 5.41) is 3.15. The highest BCUT2D eigenvalue weighted by molar-refractivity contribution is 6.05. The van der Waals surface area contributed by atoms with E-state index in [0.717, 1.165) is 5.82 Å². The number of pyridine rings is 1. The molecule has 0 bridgehead atoms. The first kappa shape index (κ1) is 17.8. The molecule has 0 aliphatic heterocycles. The Morgan fingerprint density at radius 3 is 2.65 bits per heavy atom. The maximum atomic E-state index is 12.2. The number of carbonyl (C=O) groups is 1. The summed E-state index contributed by atoms with van der Waals surface area (Å²) in [6.07, 6.45) is 0.726. The highest BCUT2D eigenvalue weighted by Crippen LogP contribution is 2.35. The largest absolute Gasteiger partial charge is 0.491 e. The highest BCUT2D eigenvalue weighted by atomic mass is 16.6. The first-order valence-corrected chi connectivity index (χ1v) is 8.31. The Balaban J connectivity index is 2.20. The molecule has 3 heterocycles. The summed E-state index contributed by atoms with van der Waals surface area (Å²) in [5.41, 5.74) is 1.03. The number of anilines is 1. The molecular formula is C17H22N6O3. The van der Waals surface area contributed by atoms with Crippen LogP contribution in [0.3, 0.4) is 0 Å². The number of ether oxygens (including phenoxy) is 2. The second-order valence-electron chi connectivity index (χ2n) is 6.81. The Morgan fingerprint density at radius 1 is 1.27 bits per heavy atom. The van der Waals surface area contributed by atoms with E-state index < -0.39 is 11.7 Å². The normalized spacial score (nSPS) is 11.8. The Morgan fingerprint density at radius 2 is 2.00 bits per heavy atom. The van der Waals surface area contributed by atoms with Gasteiger partial charge in [0.25, 0.3) is 0 Å². The number of carbonyl (C=O) groups excluding carboxylic acids is 1. The van der Waals surface area contributed by atoms with Gasteiger partial charge in [-0.25, -0.2) is 24.7 Å². The van der Waals surface area contributed by atoms with Crippen molar-refractivity contribution in [1.82, 2.24) is 24.5 Å². The van der Waals surface area contributed by atoms with Gasteiger partial charge in [-0.2, -0.15) is 0 Å². The predicted molar refractivity (Wildman–Crippen MR) is 97.4 cm³/mol. The summed E-state index contributed by atoms with van der Waals surface area (Å²) < 4.78 is 13.0. The number of nitrogens with zero attached hydrogens (tertiary/aromatic N) is 5. The van der Waals surface area contributed by atoms with E-state index >= 15 is 0 Å². The molecule has 0 radical (unpaired) electrons. The van der Waals surface area contributed by atoms with E-state index in [1.807, 2.05) is 25.5 Å². The second kappa shape index (κ2) is 6.40. The maximum absolute atomic E-state index is 12.2. The second-order valence-corrected chi connectivity index (χ2v) is 6.81. The molecule has 1 amide bonds. The van der Waals surface area contributed by atoms with Crippen molar-refractivity contribution >= 4 is 34.1 Å². The molecule has 0 aromatic carbocycles. The van der Waals surface area contributed by atoms with Gasteiger partial charge in [0.05, 0.1) is 6.61 Å². The van der Waals surface area contributed by atoms with Gasteiger partial charge in [0.15, 0.2) is 28.4 Å². The van der Waals surface area contributed by atoms with Crippen molar-refractivity contribution in [3.8, 4) is 5.75 Å². The van der Waals surface area contributed by atoms with Gasteiger partial charge in [-0.3, -0.25) is 5.32 Å². The molecule has 3 aromatic heterocycles. The van der Waals surface area contributed by atoms with Crippen molar-refractivity contribution in [2.45, 2.75) is 40.2 Å². The molecule has 138 valence electrons. The third-order valence-electron chi connectivity index (χ3n) is 3.68. The van der Waals surface area contributed by atoms with Gasteiger partial charge in [-0.15, -0.1) is 0 Å². The number of hydrogen-bond donors (Lipinski definition) is 1. The van der Waals surface area contributed by atoms with Crippen molar-refractivity contribution in [3.63, 3.8) is 0 Å². The summed E-state index contributed by atoms with van der Waals surface area (Å²) in [5.74, 6) is 1.55. The number of hydrogen-bond acceptors (Lipinski definition) is 7. The minimum atomic E-state index is -0.626. The SMILES string of the molecule is CCOc1c2nc(C)n(C)c2nc2ncnc(NC(=O)OC(C)(C)C)c12. The average molecular weight is 358 g/mol. The smallest absolute Gasteiger partial charge is 0.413 e. The van der Waals surface area contributed by atoms with Gasteiger partial charge in [-0.1, -0.05) is 0 Å². The molecule has 26 heavy (non-hydrogen) atoms. The lowest BCUT2D eigenvalue weighted by atomic mass is 10.2. The van der Waals surface area contributed by atoms with Crippen LogP contribution in [0.15, 0.2) is 6.33 Å². The number of aryl methyl sites for hydroxylation is 2. The van der Waals surface area contributed by atoms with E-state index in [1.165, 1.54) is 6.33 Å². The van der Waals surface area contributed by atoms with Gasteiger partial charge in [0.1, 0.15) is 23.1 Å². The fourth-order valence-electron chi connectivity index (χ4n) is 2.55. The Bertz CT molecular complexity index is 990. The fourth-order valence-corrected chi connectivity index (χ4v) is 2.55. The zero-order valence-corrected chi connectivity index (χ0v) is 15.7. The van der Waals surface area contributed by atoms with E-state index in [0.29, 0.717) is 34.6 Å². The van der Waals surface area contributed by atoms with Gasteiger partial charge < -0.3 is 14.0 Å². The van der Waals surface area contributed by atoms with Crippen LogP contribution >= 0.6 is 0 Å². The lowest BCUT2D eigenvalue weighted by Crippen LogP contribution is -2.27. The van der Waals surface area contributed by atoms with Crippen LogP contribution in [0.2, 0.25) is 0 Å². The molecule has 1 N–H and O–H groups in total. The fraction of sp³-hybridized carbons (Fsp3) is 0.471. The van der Waals surface area contributed by atoms with Crippen LogP contribution in [-0.4, -0.2) is 42.8 Å². The van der Waals surface area contributed by atoms with Crippen LogP contribution in [-0.2, 0) is 11.8 Å². The first-order valence-electron chi connectivity index (χ1n) is 8.31. The lowest BCUT2D eigenvalue weighted by Gasteiger charge is -2.20. The summed E-state index contributed by atoms with van der Waals surface area (Å²) in [7, 11) is 1.88. The number of rotatable bonds is 3. The molecule has 0 atom stereocenters. The molecule has 3 aromatic rings. The number of amides is 1. The molecule has 0 aliphatic carbocycles. The summed E-state index contributed by atoms with van der Waals surface area (Å²) in [6, 6.07) is 0. The van der Waals surface area contributed by atoms with E-state index in [2.05, 4.69) is 25.3 Å². The van der Waals surface area contributed by atoms with Crippen LogP contribution in [0.1, 0.15) is 33.5 Å². The zero-order valence-electron chi connectivity index (χ0n) is 15.7. The number of nitrogens with one attached hydrogen (secondary N) is 1. The van der Waals surface area contributed by atoms with Crippen LogP contribution in [0, 0.1) is 6.92 Å². The molecule has 9 heteroatoms. The van der Waals surface area contributed by atoms with Gasteiger partial charge in [-0.05, 0) is 34.6 Å². The van der Waals surface area contributed by atoms with Gasteiger partial charge in [0.2, 0.25) is 0 Å². The van der Waals surface area contributed by atoms with Crippen molar-refractivity contribution in [2.24, 2.45) is 7.05 Å². The Kier molecular flexibility index (Phi) is 4.39. The third-order valence-corrected chi connectivity index (χ3v) is 3.68. The maximum Gasteiger partial charge on any atom is 0.413 e. The molecule has 9 nitrogen and oxygen atoms in total. The number of imidazole rings is 1. The van der Waals surface area contributed by atoms with Gasteiger partial charge in [0, 0.05) is 7.05 Å². The molecule has 0 unspecified atom stereocenters. The van der Waals surface area contributed by atoms with Crippen LogP contribution in [0.5, 0.6) is 5.75 Å². The summed E-state index contributed by atoms with van der Waals surface area (Å²) in [4.78, 5) is 29.7. The summed E-state index contributed by atoms with van der Waals surface area (Å²) in [6.45, 7) is 9.55. The Labute approximate surface area is 150 Å². The molecule has 0 fully saturated rings. The molecule has 0 aliphatic rings. The lowest BCUT2D eigenvalue weighted by molar-refractivity contribution is 0.0635. The van der Waals surface area contributed by atoms with Gasteiger partial charge >= 0.3 is 6.09 Å². The minimum absolute atomic E-state index is 0.269. The minimum Gasteiger partial charge on any atom is -0.491 e. The standard InChI is InChI=1S/C17H22N6O3/c1-7-25-12-10-13(21-15-11(12)20-9(2)23(15)6)18-8-19-14(10)22-16(24)26-17(3,4)5/h8H,7H2,1-6H3,(H,18,19,21,22,24). The van der Waals surface area contributed by atoms with Crippen molar-refractivity contribution in [1.29, 1.82) is 0 Å². The van der Waals surface area contributed by atoms with Crippen molar-refractivity contribution < 1.29 is 14.3 Å². The van der Waals surface area contributed by atoms with Crippen LogP contribution in [0.25, 0.3) is 22.2 Å². The first-order chi connectivity index (χ1) is 12.2. The summed E-state index contributed by atoms with van der Waals surface area (Å²) >= 11 is 0. The van der Waals surface area contributed by atoms with E-state index in [-0.39, 0.29) is 5.82 Å². The Hall–Kier alpha value is -2.97. The quantitative estimate of drug-likeness (QED) is 0.767. The number of fused-ring (bicyclic) bond motifs is 2. The van der Waals surface area contributed by atoms with Crippen LogP contribution in [0.4, 0.5) is 10.6 Å². The molecule has 0 spiro atoms. The zero-order chi connectivity index (χ0) is 19.1. The highest BCUT2D eigenvalue weighted by Gasteiger charge is 2.23. The molecule has 0 saturated heterocycles. The average Bonchev–Trinajstić information content (AvgIpc) is 2.81. The molecular weight excluding hydrogens is 336 g/mol. The van der Waals surface area contributed by atoms with E-state index in [1.54, 1.807) is 20.8 Å². The molecule has 0 saturated carbocycles. The van der Waals surface area contributed by atoms with Crippen molar-refractivity contribution in [3.05, 3.63) is 12.2 Å². The van der Waals surface area contributed by atoms with Crippen LogP contribution < -0.4 is 10.1 Å².